The largest absolute Gasteiger partial charge is 0.494 e. The zero-order valence-corrected chi connectivity index (χ0v) is 30.9. The lowest BCUT2D eigenvalue weighted by atomic mass is 9.96. The van der Waals surface area contributed by atoms with Crippen molar-refractivity contribution in [2.75, 3.05) is 26.3 Å². The van der Waals surface area contributed by atoms with Gasteiger partial charge in [0.15, 0.2) is 0 Å². The van der Waals surface area contributed by atoms with Crippen molar-refractivity contribution in [1.29, 1.82) is 0 Å². The Balaban J connectivity index is 0.000000164. The molecule has 0 fully saturated rings. The molecule has 0 radical (unpaired) electrons. The summed E-state index contributed by atoms with van der Waals surface area (Å²) in [5.41, 5.74) is 9.66. The summed E-state index contributed by atoms with van der Waals surface area (Å²) in [6, 6.07) is 42.6. The Labute approximate surface area is 314 Å². The highest BCUT2D eigenvalue weighted by molar-refractivity contribution is 6.13. The number of benzene rings is 6. The van der Waals surface area contributed by atoms with Crippen LogP contribution in [0.25, 0.3) is 33.7 Å². The van der Waals surface area contributed by atoms with E-state index in [0.29, 0.717) is 0 Å². The quantitative estimate of drug-likeness (QED) is 0.127. The smallest absolute Gasteiger partial charge is 0.119 e. The summed E-state index contributed by atoms with van der Waals surface area (Å²) in [7, 11) is 0. The van der Waals surface area contributed by atoms with E-state index in [4.69, 9.17) is 19.5 Å². The van der Waals surface area contributed by atoms with Crippen LogP contribution in [0.2, 0.25) is 0 Å². The maximum absolute atomic E-state index is 5.87. The minimum atomic E-state index is 0.765. The molecule has 2 heterocycles. The van der Waals surface area contributed by atoms with E-state index in [9.17, 15) is 0 Å². The summed E-state index contributed by atoms with van der Waals surface area (Å²) in [6.45, 7) is 7.53. The summed E-state index contributed by atoms with van der Waals surface area (Å²) < 4.78 is 11.6. The van der Waals surface area contributed by atoms with E-state index in [1.807, 2.05) is 0 Å². The number of hydrogen-bond donors (Lipinski definition) is 0. The summed E-state index contributed by atoms with van der Waals surface area (Å²) >= 11 is 0. The monoisotopic (exact) mass is 696 g/mol. The Morgan fingerprint density at radius 1 is 0.509 bits per heavy atom. The Kier molecular flexibility index (Phi) is 11.9. The lowest BCUT2D eigenvalue weighted by Gasteiger charge is -2.16. The van der Waals surface area contributed by atoms with Crippen LogP contribution in [0, 0.1) is 0 Å². The first kappa shape index (κ1) is 35.7. The van der Waals surface area contributed by atoms with Crippen molar-refractivity contribution < 1.29 is 9.47 Å². The molecule has 4 heteroatoms. The van der Waals surface area contributed by atoms with E-state index < -0.39 is 0 Å². The molecular formula is C49H48N2O2. The van der Waals surface area contributed by atoms with Crippen LogP contribution in [0.3, 0.4) is 0 Å². The molecule has 53 heavy (non-hydrogen) atoms. The van der Waals surface area contributed by atoms with Gasteiger partial charge in [-0.05, 0) is 118 Å². The normalized spacial score (nSPS) is 13.6. The second kappa shape index (κ2) is 17.7. The number of nitrogens with zero attached hydrogens (tertiary/aromatic N) is 2. The molecule has 0 aliphatic carbocycles. The molecule has 266 valence electrons. The Hall–Kier alpha value is -5.74. The first-order chi connectivity index (χ1) is 26.2. The van der Waals surface area contributed by atoms with E-state index >= 15 is 0 Å². The Bertz CT molecular complexity index is 2300. The molecule has 0 N–H and O–H groups in total. The van der Waals surface area contributed by atoms with Crippen LogP contribution in [0.5, 0.6) is 11.5 Å². The maximum atomic E-state index is 5.87. The van der Waals surface area contributed by atoms with Crippen molar-refractivity contribution in [2.24, 2.45) is 9.98 Å². The Morgan fingerprint density at radius 3 is 1.51 bits per heavy atom. The minimum Gasteiger partial charge on any atom is -0.494 e. The SMILES string of the molecule is CCCCOc1ccc2c(c1)CCN=C2/C=C/c1cccc2ccccc12.CCCOc1ccc2c(c1)CCN=C2/C=C/c1cccc2ccccc12. The molecule has 0 saturated heterocycles. The molecule has 0 atom stereocenters. The van der Waals surface area contributed by atoms with Gasteiger partial charge in [-0.1, -0.05) is 117 Å². The summed E-state index contributed by atoms with van der Waals surface area (Å²) in [5, 5.41) is 5.07. The van der Waals surface area contributed by atoms with E-state index in [-0.39, 0.29) is 0 Å². The van der Waals surface area contributed by atoms with Crippen LogP contribution in [-0.4, -0.2) is 37.7 Å². The van der Waals surface area contributed by atoms with Gasteiger partial charge in [-0.15, -0.1) is 0 Å². The third kappa shape index (κ3) is 8.84. The molecule has 6 aromatic rings. The van der Waals surface area contributed by atoms with Crippen LogP contribution in [0.15, 0.2) is 143 Å². The van der Waals surface area contributed by atoms with Crippen LogP contribution < -0.4 is 9.47 Å². The van der Waals surface area contributed by atoms with Crippen molar-refractivity contribution in [1.82, 2.24) is 0 Å². The standard InChI is InChI=1S/C25H25NO.C24H23NO/c1-2-3-17-27-22-12-13-24-21(18-22)15-16-26-25(24)14-11-20-9-6-8-19-7-4-5-10-23(19)20;1-2-16-26-21-11-12-23-20(17-21)14-15-25-24(23)13-10-19-8-5-7-18-6-3-4-9-22(18)19/h4-14,18H,2-3,15-17H2,1H3;3-13,17H,2,14-16H2,1H3/b14-11+;13-10+. The molecule has 0 unspecified atom stereocenters. The van der Waals surface area contributed by atoms with Crippen LogP contribution in [-0.2, 0) is 12.8 Å². The van der Waals surface area contributed by atoms with Crippen molar-refractivity contribution in [3.63, 3.8) is 0 Å². The van der Waals surface area contributed by atoms with Gasteiger partial charge in [0.05, 0.1) is 24.6 Å². The topological polar surface area (TPSA) is 43.2 Å². The van der Waals surface area contributed by atoms with Crippen LogP contribution in [0.1, 0.15) is 66.5 Å². The molecule has 0 aromatic heterocycles. The molecule has 8 rings (SSSR count). The average Bonchev–Trinajstić information content (AvgIpc) is 3.21. The Morgan fingerprint density at radius 2 is 1.00 bits per heavy atom. The predicted octanol–water partition coefficient (Wildman–Crippen LogP) is 11.8. The van der Waals surface area contributed by atoms with Gasteiger partial charge < -0.3 is 9.47 Å². The number of allylic oxidation sites excluding steroid dienone is 2. The summed E-state index contributed by atoms with van der Waals surface area (Å²) in [4.78, 5) is 9.51. The highest BCUT2D eigenvalue weighted by Gasteiger charge is 2.15. The van der Waals surface area contributed by atoms with Crippen molar-refractivity contribution in [3.8, 4) is 11.5 Å². The number of fused-ring (bicyclic) bond motifs is 4. The number of ether oxygens (including phenoxy) is 2. The van der Waals surface area contributed by atoms with E-state index in [2.05, 4.69) is 159 Å². The fourth-order valence-corrected chi connectivity index (χ4v) is 6.97. The van der Waals surface area contributed by atoms with Gasteiger partial charge >= 0.3 is 0 Å². The van der Waals surface area contributed by atoms with E-state index in [1.54, 1.807) is 0 Å². The molecule has 0 amide bonds. The number of hydrogen-bond acceptors (Lipinski definition) is 4. The fraction of sp³-hybridized carbons (Fsp3) is 0.224. The van der Waals surface area contributed by atoms with Crippen LogP contribution >= 0.6 is 0 Å². The predicted molar refractivity (Wildman–Crippen MR) is 225 cm³/mol. The summed E-state index contributed by atoms with van der Waals surface area (Å²) in [5.74, 6) is 1.94. The second-order valence-corrected chi connectivity index (χ2v) is 13.5. The molecule has 0 spiro atoms. The third-order valence-electron chi connectivity index (χ3n) is 9.76. The van der Waals surface area contributed by atoms with Crippen molar-refractivity contribution in [2.45, 2.75) is 46.0 Å². The van der Waals surface area contributed by atoms with Gasteiger partial charge in [-0.25, -0.2) is 0 Å². The lowest BCUT2D eigenvalue weighted by Crippen LogP contribution is -2.11. The average molecular weight is 697 g/mol. The minimum absolute atomic E-state index is 0.765. The van der Waals surface area contributed by atoms with Gasteiger partial charge in [0.25, 0.3) is 0 Å². The van der Waals surface area contributed by atoms with Gasteiger partial charge in [0, 0.05) is 24.2 Å². The van der Waals surface area contributed by atoms with Gasteiger partial charge in [-0.2, -0.15) is 0 Å². The number of aliphatic imine (C=N–C) groups is 2. The van der Waals surface area contributed by atoms with Gasteiger partial charge in [-0.3, -0.25) is 9.98 Å². The molecule has 4 nitrogen and oxygen atoms in total. The highest BCUT2D eigenvalue weighted by atomic mass is 16.5. The highest BCUT2D eigenvalue weighted by Crippen LogP contribution is 2.26. The molecule has 2 aliphatic rings. The number of rotatable bonds is 11. The van der Waals surface area contributed by atoms with Gasteiger partial charge in [0.2, 0.25) is 0 Å². The number of unbranched alkanes of at least 4 members (excludes halogenated alkanes) is 1. The van der Waals surface area contributed by atoms with Crippen LogP contribution in [0.4, 0.5) is 0 Å². The zero-order chi connectivity index (χ0) is 36.2. The lowest BCUT2D eigenvalue weighted by molar-refractivity contribution is 0.309. The molecule has 0 saturated carbocycles. The third-order valence-corrected chi connectivity index (χ3v) is 9.76. The molecule has 6 aromatic carbocycles. The molecular weight excluding hydrogens is 649 g/mol. The van der Waals surface area contributed by atoms with E-state index in [0.717, 1.165) is 81.3 Å². The van der Waals surface area contributed by atoms with Gasteiger partial charge in [0.1, 0.15) is 11.5 Å². The fourth-order valence-electron chi connectivity index (χ4n) is 6.97. The van der Waals surface area contributed by atoms with Crippen molar-refractivity contribution >= 4 is 45.1 Å². The maximum Gasteiger partial charge on any atom is 0.119 e. The van der Waals surface area contributed by atoms with E-state index in [1.165, 1.54) is 54.9 Å². The first-order valence-electron chi connectivity index (χ1n) is 19.1. The zero-order valence-electron chi connectivity index (χ0n) is 30.9. The first-order valence-corrected chi connectivity index (χ1v) is 19.1. The van der Waals surface area contributed by atoms with Crippen molar-refractivity contribution in [3.05, 3.63) is 167 Å². The summed E-state index contributed by atoms with van der Waals surface area (Å²) in [6.07, 6.45) is 13.9. The molecule has 2 aliphatic heterocycles. The second-order valence-electron chi connectivity index (χ2n) is 13.5. The molecule has 0 bridgehead atoms.